The predicted octanol–water partition coefficient (Wildman–Crippen LogP) is 8.35. The van der Waals surface area contributed by atoms with E-state index in [1.807, 2.05) is 0 Å². The van der Waals surface area contributed by atoms with Gasteiger partial charge in [0.25, 0.3) is 0 Å². The molecule has 0 radical (unpaired) electrons. The van der Waals surface area contributed by atoms with Gasteiger partial charge in [0.05, 0.1) is 0 Å². The summed E-state index contributed by atoms with van der Waals surface area (Å²) in [5.74, 6) is 1.14. The van der Waals surface area contributed by atoms with Gasteiger partial charge in [0.1, 0.15) is 3.41 Å². The first-order chi connectivity index (χ1) is 16.7. The number of carbonyl (C=O) groups is 4. The van der Waals surface area contributed by atoms with Gasteiger partial charge in [-0.3, -0.25) is 19.2 Å². The minimum atomic E-state index is -0.461. The lowest BCUT2D eigenvalue weighted by molar-refractivity contribution is -0.111. The summed E-state index contributed by atoms with van der Waals surface area (Å²) in [6.07, 6.45) is 1.22. The highest BCUT2D eigenvalue weighted by Crippen LogP contribution is 2.56. The van der Waals surface area contributed by atoms with Crippen molar-refractivity contribution in [3.8, 4) is 0 Å². The molecule has 16 heteroatoms. The maximum Gasteiger partial charge on any atom is 0.190 e. The van der Waals surface area contributed by atoms with Gasteiger partial charge in [0, 0.05) is 74.8 Å². The Balaban J connectivity index is 5.46. The van der Waals surface area contributed by atoms with Gasteiger partial charge < -0.3 is 0 Å². The van der Waals surface area contributed by atoms with E-state index < -0.39 is 3.41 Å². The largest absolute Gasteiger partial charge is 0.287 e. The molecule has 4 nitrogen and oxygen atoms in total. The van der Waals surface area contributed by atoms with Crippen LogP contribution >= 0.6 is 140 Å². The summed E-state index contributed by atoms with van der Waals surface area (Å²) in [6.45, 7) is 2.08. The standard InChI is InChI=1S/C19H28Cl4O4S8/c1-14(28-10-29-15(24)2-6-20)19(33-11-30-16(25)3-7-21,34-12-31-17(26)4-8-22)35-13-32-18(27)5-9-23/h14H,2-13H2,1H3. The fraction of sp³-hybridized carbons (Fsp3) is 0.789. The van der Waals surface area contributed by atoms with Crippen LogP contribution in [0.15, 0.2) is 0 Å². The first-order valence-electron chi connectivity index (χ1n) is 10.1. The number of alkyl halides is 4. The predicted molar refractivity (Wildman–Crippen MR) is 174 cm³/mol. The van der Waals surface area contributed by atoms with Crippen molar-refractivity contribution >= 4 is 161 Å². The molecule has 0 heterocycles. The molecule has 1 unspecified atom stereocenters. The zero-order valence-electron chi connectivity index (χ0n) is 19.0. The van der Waals surface area contributed by atoms with Crippen molar-refractivity contribution in [1.29, 1.82) is 0 Å². The van der Waals surface area contributed by atoms with Crippen LogP contribution in [0.3, 0.4) is 0 Å². The van der Waals surface area contributed by atoms with Gasteiger partial charge in [-0.05, 0) is 0 Å². The third kappa shape index (κ3) is 19.4. The number of thioether (sulfide) groups is 8. The molecule has 0 saturated carbocycles. The van der Waals surface area contributed by atoms with E-state index in [-0.39, 0.29) is 43.4 Å². The molecule has 0 aliphatic carbocycles. The molecule has 1 atom stereocenters. The van der Waals surface area contributed by atoms with Crippen molar-refractivity contribution in [2.45, 2.75) is 41.3 Å². The maximum absolute atomic E-state index is 12.0. The number of rotatable bonds is 21. The van der Waals surface area contributed by atoms with Gasteiger partial charge in [-0.25, -0.2) is 0 Å². The number of carbonyl (C=O) groups excluding carboxylic acids is 4. The molecular weight excluding hydrogens is 691 g/mol. The van der Waals surface area contributed by atoms with Crippen molar-refractivity contribution in [3.63, 3.8) is 0 Å². The lowest BCUT2D eigenvalue weighted by Crippen LogP contribution is -2.29. The Morgan fingerprint density at radius 3 is 1.14 bits per heavy atom. The Labute approximate surface area is 262 Å². The zero-order chi connectivity index (χ0) is 26.5. The first kappa shape index (κ1) is 37.6. The Hall–Kier alpha value is 2.64. The Bertz CT molecular complexity index is 588. The molecule has 0 bridgehead atoms. The molecule has 0 saturated heterocycles. The maximum atomic E-state index is 12.0. The van der Waals surface area contributed by atoms with E-state index >= 15 is 0 Å². The molecule has 0 fully saturated rings. The van der Waals surface area contributed by atoms with E-state index in [9.17, 15) is 19.2 Å². The molecule has 0 spiro atoms. The highest BCUT2D eigenvalue weighted by molar-refractivity contribution is 8.42. The molecule has 0 N–H and O–H groups in total. The summed E-state index contributed by atoms with van der Waals surface area (Å²) in [7, 11) is 0. The van der Waals surface area contributed by atoms with Gasteiger partial charge in [-0.1, -0.05) is 54.0 Å². The van der Waals surface area contributed by atoms with Gasteiger partial charge in [0.15, 0.2) is 20.5 Å². The van der Waals surface area contributed by atoms with Gasteiger partial charge in [0.2, 0.25) is 0 Å². The Morgan fingerprint density at radius 1 is 0.571 bits per heavy atom. The van der Waals surface area contributed by atoms with Crippen molar-refractivity contribution in [2.75, 3.05) is 43.9 Å². The van der Waals surface area contributed by atoms with Crippen molar-refractivity contribution < 1.29 is 19.2 Å². The molecular formula is C19H28Cl4O4S8. The minimum absolute atomic E-state index is 0.0252. The molecule has 0 aliphatic rings. The van der Waals surface area contributed by atoms with Crippen LogP contribution < -0.4 is 0 Å². The summed E-state index contributed by atoms with van der Waals surface area (Å²) < 4.78 is -0.461. The van der Waals surface area contributed by atoms with Crippen LogP contribution in [0.2, 0.25) is 0 Å². The molecule has 204 valence electrons. The highest BCUT2D eigenvalue weighted by Gasteiger charge is 2.39. The normalized spacial score (nSPS) is 12.5. The summed E-state index contributed by atoms with van der Waals surface area (Å²) >= 11 is 34.1. The summed E-state index contributed by atoms with van der Waals surface area (Å²) in [5.41, 5.74) is 0. The van der Waals surface area contributed by atoms with Gasteiger partial charge in [-0.2, -0.15) is 0 Å². The number of hydrogen-bond acceptors (Lipinski definition) is 12. The lowest BCUT2D eigenvalue weighted by atomic mass is 10.5. The highest BCUT2D eigenvalue weighted by atomic mass is 35.5. The average Bonchev–Trinajstić information content (AvgIpc) is 2.79. The van der Waals surface area contributed by atoms with Crippen molar-refractivity contribution in [2.24, 2.45) is 0 Å². The summed E-state index contributed by atoms with van der Waals surface area (Å²) in [5, 5.41) is 2.26. The third-order valence-electron chi connectivity index (χ3n) is 3.67. The van der Waals surface area contributed by atoms with Gasteiger partial charge in [-0.15, -0.1) is 93.5 Å². The molecule has 0 amide bonds. The second kappa shape index (κ2) is 24.4. The van der Waals surface area contributed by atoms with Crippen LogP contribution in [0.4, 0.5) is 0 Å². The number of hydrogen-bond donors (Lipinski definition) is 0. The Kier molecular flexibility index (Phi) is 26.3. The summed E-state index contributed by atoms with van der Waals surface area (Å²) in [4.78, 5) is 48.0. The molecule has 0 aromatic carbocycles. The topological polar surface area (TPSA) is 68.3 Å². The van der Waals surface area contributed by atoms with E-state index in [1.54, 1.807) is 47.0 Å². The fourth-order valence-corrected chi connectivity index (χ4v) is 15.6. The van der Waals surface area contributed by atoms with E-state index in [0.717, 1.165) is 0 Å². The zero-order valence-corrected chi connectivity index (χ0v) is 28.5. The first-order valence-corrected chi connectivity index (χ1v) is 20.2. The smallest absolute Gasteiger partial charge is 0.190 e. The molecule has 0 aromatic heterocycles. The molecule has 0 rings (SSSR count). The second-order valence-corrected chi connectivity index (χ2v) is 19.0. The monoisotopic (exact) mass is 716 g/mol. The van der Waals surface area contributed by atoms with Crippen molar-refractivity contribution in [3.05, 3.63) is 0 Å². The SMILES string of the molecule is CC(SCSC(=O)CCCl)C(SCSC(=O)CCCl)(SCSC(=O)CCCl)SCSC(=O)CCCl. The third-order valence-corrected chi connectivity index (χ3v) is 16.1. The molecule has 0 aromatic rings. The van der Waals surface area contributed by atoms with E-state index in [0.29, 0.717) is 51.9 Å². The van der Waals surface area contributed by atoms with Crippen LogP contribution in [0.25, 0.3) is 0 Å². The van der Waals surface area contributed by atoms with Gasteiger partial charge >= 0.3 is 0 Å². The molecule has 0 aliphatic heterocycles. The number of halogens is 4. The lowest BCUT2D eigenvalue weighted by Gasteiger charge is -2.37. The molecule has 35 heavy (non-hydrogen) atoms. The quantitative estimate of drug-likeness (QED) is 0.0847. The van der Waals surface area contributed by atoms with Crippen LogP contribution in [0, 0.1) is 0 Å². The van der Waals surface area contributed by atoms with Crippen LogP contribution in [0.5, 0.6) is 0 Å². The van der Waals surface area contributed by atoms with E-state index in [2.05, 4.69) is 6.92 Å². The summed E-state index contributed by atoms with van der Waals surface area (Å²) in [6, 6.07) is 0. The van der Waals surface area contributed by atoms with E-state index in [1.165, 1.54) is 47.0 Å². The van der Waals surface area contributed by atoms with Crippen LogP contribution in [-0.4, -0.2) is 73.0 Å². The van der Waals surface area contributed by atoms with Crippen LogP contribution in [-0.2, 0) is 19.2 Å². The van der Waals surface area contributed by atoms with Crippen LogP contribution in [0.1, 0.15) is 32.6 Å². The fourth-order valence-electron chi connectivity index (χ4n) is 1.91. The Morgan fingerprint density at radius 2 is 0.857 bits per heavy atom. The minimum Gasteiger partial charge on any atom is -0.287 e. The van der Waals surface area contributed by atoms with Crippen molar-refractivity contribution in [1.82, 2.24) is 0 Å². The van der Waals surface area contributed by atoms with E-state index in [4.69, 9.17) is 46.4 Å². The average molecular weight is 719 g/mol. The second-order valence-electron chi connectivity index (χ2n) is 6.14.